The molecule has 0 radical (unpaired) electrons. The number of benzene rings is 1. The second-order valence-corrected chi connectivity index (χ2v) is 8.75. The van der Waals surface area contributed by atoms with Crippen LogP contribution in [0.2, 0.25) is 0 Å². The molecule has 166 valence electrons. The Morgan fingerprint density at radius 2 is 1.91 bits per heavy atom. The first-order valence-electron chi connectivity index (χ1n) is 10.2. The number of anilines is 2. The van der Waals surface area contributed by atoms with Gasteiger partial charge in [-0.05, 0) is 37.8 Å². The van der Waals surface area contributed by atoms with Crippen molar-refractivity contribution >= 4 is 47.2 Å². The average Bonchev–Trinajstić information content (AvgIpc) is 3.44. The summed E-state index contributed by atoms with van der Waals surface area (Å²) in [6, 6.07) is 9.53. The SMILES string of the molecule is Cl.O=C(Nc1cnc(-c2nccs2)cn1)C1CCC2(CC1)CN(c1ccccc1)C(=O)O2. The highest BCUT2D eigenvalue weighted by molar-refractivity contribution is 7.13. The Morgan fingerprint density at radius 3 is 2.56 bits per heavy atom. The van der Waals surface area contributed by atoms with Crippen LogP contribution >= 0.6 is 23.7 Å². The number of rotatable bonds is 4. The highest BCUT2D eigenvalue weighted by Crippen LogP contribution is 2.41. The zero-order valence-corrected chi connectivity index (χ0v) is 18.8. The number of aromatic nitrogens is 3. The molecule has 2 amide bonds. The van der Waals surface area contributed by atoms with Crippen molar-refractivity contribution in [2.45, 2.75) is 31.3 Å². The highest BCUT2D eigenvalue weighted by atomic mass is 35.5. The molecule has 0 atom stereocenters. The van der Waals surface area contributed by atoms with Crippen LogP contribution in [-0.2, 0) is 9.53 Å². The van der Waals surface area contributed by atoms with Crippen molar-refractivity contribution in [3.05, 3.63) is 54.3 Å². The summed E-state index contributed by atoms with van der Waals surface area (Å²) in [7, 11) is 0. The third kappa shape index (κ3) is 4.44. The van der Waals surface area contributed by atoms with Gasteiger partial charge in [-0.2, -0.15) is 0 Å². The Hall–Kier alpha value is -3.04. The number of carbonyl (C=O) groups excluding carboxylic acids is 2. The minimum atomic E-state index is -0.515. The molecule has 3 heterocycles. The number of carbonyl (C=O) groups is 2. The molecule has 3 aromatic rings. The van der Waals surface area contributed by atoms with Gasteiger partial charge in [-0.15, -0.1) is 23.7 Å². The Balaban J connectivity index is 0.00000245. The monoisotopic (exact) mass is 471 g/mol. The minimum Gasteiger partial charge on any atom is -0.441 e. The van der Waals surface area contributed by atoms with Crippen LogP contribution in [0.5, 0.6) is 0 Å². The van der Waals surface area contributed by atoms with E-state index in [1.165, 1.54) is 11.3 Å². The number of thiazole rings is 1. The number of ether oxygens (including phenoxy) is 1. The van der Waals surface area contributed by atoms with Crippen LogP contribution in [0, 0.1) is 5.92 Å². The fraction of sp³-hybridized carbons (Fsp3) is 0.318. The van der Waals surface area contributed by atoms with Crippen LogP contribution in [0.4, 0.5) is 16.3 Å². The lowest BCUT2D eigenvalue weighted by Crippen LogP contribution is -2.41. The first-order chi connectivity index (χ1) is 15.1. The van der Waals surface area contributed by atoms with E-state index in [4.69, 9.17) is 4.74 Å². The molecule has 2 fully saturated rings. The van der Waals surface area contributed by atoms with Crippen molar-refractivity contribution in [2.24, 2.45) is 5.92 Å². The maximum atomic E-state index is 12.7. The summed E-state index contributed by atoms with van der Waals surface area (Å²) >= 11 is 1.49. The van der Waals surface area contributed by atoms with Crippen molar-refractivity contribution in [1.82, 2.24) is 15.0 Å². The van der Waals surface area contributed by atoms with Gasteiger partial charge in [-0.1, -0.05) is 18.2 Å². The zero-order valence-electron chi connectivity index (χ0n) is 17.1. The van der Waals surface area contributed by atoms with E-state index in [-0.39, 0.29) is 30.3 Å². The molecule has 1 N–H and O–H groups in total. The molecule has 1 saturated heterocycles. The Labute approximate surface area is 195 Å². The Morgan fingerprint density at radius 1 is 1.12 bits per heavy atom. The van der Waals surface area contributed by atoms with Crippen LogP contribution in [0.15, 0.2) is 54.3 Å². The fourth-order valence-electron chi connectivity index (χ4n) is 4.18. The molecule has 5 rings (SSSR count). The molecule has 0 unspecified atom stereocenters. The van der Waals surface area contributed by atoms with Gasteiger partial charge >= 0.3 is 6.09 Å². The van der Waals surface area contributed by atoms with Crippen molar-refractivity contribution in [3.8, 4) is 10.7 Å². The molecule has 10 heteroatoms. The van der Waals surface area contributed by atoms with Gasteiger partial charge in [0, 0.05) is 23.2 Å². The number of halogens is 1. The number of hydrogen-bond acceptors (Lipinski definition) is 7. The van der Waals surface area contributed by atoms with Gasteiger partial charge in [0.15, 0.2) is 5.82 Å². The van der Waals surface area contributed by atoms with E-state index >= 15 is 0 Å². The van der Waals surface area contributed by atoms with Gasteiger partial charge in [0.25, 0.3) is 0 Å². The lowest BCUT2D eigenvalue weighted by Gasteiger charge is -2.34. The topological polar surface area (TPSA) is 97.3 Å². The van der Waals surface area contributed by atoms with Crippen molar-refractivity contribution in [1.29, 1.82) is 0 Å². The molecule has 2 aromatic heterocycles. The van der Waals surface area contributed by atoms with E-state index in [9.17, 15) is 9.59 Å². The van der Waals surface area contributed by atoms with Crippen molar-refractivity contribution in [2.75, 3.05) is 16.8 Å². The van der Waals surface area contributed by atoms with E-state index in [1.807, 2.05) is 35.7 Å². The fourth-order valence-corrected chi connectivity index (χ4v) is 4.78. The summed E-state index contributed by atoms with van der Waals surface area (Å²) in [6.45, 7) is 0.522. The molecule has 1 aliphatic heterocycles. The number of amides is 2. The van der Waals surface area contributed by atoms with E-state index in [2.05, 4.69) is 20.3 Å². The van der Waals surface area contributed by atoms with E-state index < -0.39 is 5.60 Å². The van der Waals surface area contributed by atoms with Gasteiger partial charge in [0.1, 0.15) is 16.3 Å². The molecule has 1 aromatic carbocycles. The predicted octanol–water partition coefficient (Wildman–Crippen LogP) is 4.55. The van der Waals surface area contributed by atoms with Gasteiger partial charge in [-0.25, -0.2) is 19.7 Å². The maximum Gasteiger partial charge on any atom is 0.415 e. The molecule has 8 nitrogen and oxygen atoms in total. The third-order valence-electron chi connectivity index (χ3n) is 5.86. The van der Waals surface area contributed by atoms with Crippen LogP contribution in [0.1, 0.15) is 25.7 Å². The van der Waals surface area contributed by atoms with Crippen molar-refractivity contribution < 1.29 is 14.3 Å². The maximum absolute atomic E-state index is 12.7. The summed E-state index contributed by atoms with van der Waals surface area (Å²) in [5, 5.41) is 5.53. The van der Waals surface area contributed by atoms with Crippen LogP contribution in [0.3, 0.4) is 0 Å². The van der Waals surface area contributed by atoms with Crippen LogP contribution in [0.25, 0.3) is 10.7 Å². The molecular formula is C22H22ClN5O3S. The van der Waals surface area contributed by atoms with Gasteiger partial charge in [0.2, 0.25) is 5.91 Å². The zero-order chi connectivity index (χ0) is 21.3. The lowest BCUT2D eigenvalue weighted by atomic mass is 9.78. The second kappa shape index (κ2) is 9.22. The minimum absolute atomic E-state index is 0. The first kappa shape index (κ1) is 22.2. The number of nitrogens with zero attached hydrogens (tertiary/aromatic N) is 4. The summed E-state index contributed by atoms with van der Waals surface area (Å²) in [4.78, 5) is 39.7. The molecule has 32 heavy (non-hydrogen) atoms. The average molecular weight is 472 g/mol. The Kier molecular flexibility index (Phi) is 6.38. The van der Waals surface area contributed by atoms with Crippen molar-refractivity contribution in [3.63, 3.8) is 0 Å². The Bertz CT molecular complexity index is 1070. The van der Waals surface area contributed by atoms with Gasteiger partial charge < -0.3 is 10.1 Å². The first-order valence-corrected chi connectivity index (χ1v) is 11.1. The molecule has 1 spiro atoms. The van der Waals surface area contributed by atoms with Crippen LogP contribution in [-0.4, -0.2) is 39.1 Å². The summed E-state index contributed by atoms with van der Waals surface area (Å²) in [6.07, 6.45) is 7.20. The molecule has 0 bridgehead atoms. The summed E-state index contributed by atoms with van der Waals surface area (Å²) < 4.78 is 5.78. The number of nitrogens with one attached hydrogen (secondary N) is 1. The third-order valence-corrected chi connectivity index (χ3v) is 6.66. The van der Waals surface area contributed by atoms with Gasteiger partial charge in [-0.3, -0.25) is 9.69 Å². The van der Waals surface area contributed by atoms with Crippen LogP contribution < -0.4 is 10.2 Å². The lowest BCUT2D eigenvalue weighted by molar-refractivity contribution is -0.122. The number of hydrogen-bond donors (Lipinski definition) is 1. The second-order valence-electron chi connectivity index (χ2n) is 7.86. The van der Waals surface area contributed by atoms with E-state index in [1.54, 1.807) is 23.5 Å². The van der Waals surface area contributed by atoms with E-state index in [0.29, 0.717) is 43.7 Å². The standard InChI is InChI=1S/C22H21N5O3S.ClH/c28-19(26-18-13-24-17(12-25-18)20-23-10-11-31-20)15-6-8-22(9-7-15)14-27(21(29)30-22)16-4-2-1-3-5-16;/h1-5,10-13,15H,6-9,14H2,(H,25,26,28);1H. The summed E-state index contributed by atoms with van der Waals surface area (Å²) in [5.41, 5.74) is 1.00. The number of para-hydroxylation sites is 1. The normalized spacial score (nSPS) is 22.3. The molecule has 2 aliphatic rings. The molecule has 1 aliphatic carbocycles. The van der Waals surface area contributed by atoms with E-state index in [0.717, 1.165) is 10.7 Å². The predicted molar refractivity (Wildman–Crippen MR) is 124 cm³/mol. The summed E-state index contributed by atoms with van der Waals surface area (Å²) in [5.74, 6) is 0.207. The molecule has 1 saturated carbocycles. The largest absolute Gasteiger partial charge is 0.441 e. The quantitative estimate of drug-likeness (QED) is 0.599. The highest BCUT2D eigenvalue weighted by Gasteiger charge is 2.48. The molecular weight excluding hydrogens is 450 g/mol. The van der Waals surface area contributed by atoms with Gasteiger partial charge in [0.05, 0.1) is 18.9 Å². The smallest absolute Gasteiger partial charge is 0.415 e.